The zero-order chi connectivity index (χ0) is 16.9. The number of nitrogens with one attached hydrogen (secondary N) is 1. The first-order valence-corrected chi connectivity index (χ1v) is 8.73. The first-order valence-electron chi connectivity index (χ1n) is 7.94. The number of nitrogens with zero attached hydrogens (tertiary/aromatic N) is 1. The molecule has 128 valence electrons. The number of piperazine rings is 1. The number of benzene rings is 1. The van der Waals surface area contributed by atoms with E-state index in [9.17, 15) is 4.79 Å². The summed E-state index contributed by atoms with van der Waals surface area (Å²) in [4.78, 5) is 14.1. The van der Waals surface area contributed by atoms with E-state index in [1.54, 1.807) is 0 Å². The molecule has 1 unspecified atom stereocenters. The number of rotatable bonds is 4. The van der Waals surface area contributed by atoms with Crippen molar-refractivity contribution in [2.45, 2.75) is 38.8 Å². The molecule has 1 aromatic rings. The molecule has 1 fully saturated rings. The minimum Gasteiger partial charge on any atom is -0.493 e. The number of hydrogen-bond donors (Lipinski definition) is 1. The number of carbonyl (C=O) groups excluding carboxylic acids is 1. The Morgan fingerprint density at radius 3 is 2.91 bits per heavy atom. The van der Waals surface area contributed by atoms with Crippen LogP contribution in [0.15, 0.2) is 28.7 Å². The lowest BCUT2D eigenvalue weighted by Gasteiger charge is -2.37. The summed E-state index contributed by atoms with van der Waals surface area (Å²) in [5.74, 6) is 0.826. The van der Waals surface area contributed by atoms with Gasteiger partial charge in [0.1, 0.15) is 11.4 Å². The molecule has 1 aromatic carbocycles. The summed E-state index contributed by atoms with van der Waals surface area (Å²) in [7, 11) is 0. The Balaban J connectivity index is 1.87. The highest BCUT2D eigenvalue weighted by molar-refractivity contribution is 9.10. The van der Waals surface area contributed by atoms with Crippen LogP contribution in [0.3, 0.4) is 0 Å². The fourth-order valence-corrected chi connectivity index (χ4v) is 2.83. The molecule has 1 atom stereocenters. The Hall–Kier alpha value is -1.27. The lowest BCUT2D eigenvalue weighted by Crippen LogP contribution is -2.55. The van der Waals surface area contributed by atoms with Crippen molar-refractivity contribution >= 4 is 22.0 Å². The molecule has 1 amide bonds. The van der Waals surface area contributed by atoms with E-state index < -0.39 is 5.60 Å². The van der Waals surface area contributed by atoms with Gasteiger partial charge in [0.2, 0.25) is 0 Å². The van der Waals surface area contributed by atoms with Crippen molar-refractivity contribution in [3.63, 3.8) is 0 Å². The fourth-order valence-electron chi connectivity index (χ4n) is 2.45. The number of hydrogen-bond acceptors (Lipinski definition) is 4. The summed E-state index contributed by atoms with van der Waals surface area (Å²) in [6.07, 6.45) is 0.519. The molecule has 0 aromatic heterocycles. The molecule has 1 aliphatic heterocycles. The Bertz CT molecular complexity index is 531. The van der Waals surface area contributed by atoms with Gasteiger partial charge in [-0.15, -0.1) is 0 Å². The molecular weight excluding hydrogens is 360 g/mol. The second-order valence-electron chi connectivity index (χ2n) is 6.63. The zero-order valence-electron chi connectivity index (χ0n) is 14.0. The van der Waals surface area contributed by atoms with E-state index in [2.05, 4.69) is 21.2 Å². The van der Waals surface area contributed by atoms with Crippen LogP contribution >= 0.6 is 15.9 Å². The molecule has 1 N–H and O–H groups in total. The molecule has 6 heteroatoms. The second kappa shape index (κ2) is 8.02. The average molecular weight is 385 g/mol. The highest BCUT2D eigenvalue weighted by Gasteiger charge is 2.30. The van der Waals surface area contributed by atoms with Gasteiger partial charge in [0, 0.05) is 30.5 Å². The number of halogens is 1. The van der Waals surface area contributed by atoms with Crippen LogP contribution in [0.25, 0.3) is 0 Å². The zero-order valence-corrected chi connectivity index (χ0v) is 15.6. The van der Waals surface area contributed by atoms with E-state index in [0.717, 1.165) is 29.7 Å². The van der Waals surface area contributed by atoms with Gasteiger partial charge < -0.3 is 19.7 Å². The van der Waals surface area contributed by atoms with Gasteiger partial charge in [0.25, 0.3) is 0 Å². The quantitative estimate of drug-likeness (QED) is 0.863. The Morgan fingerprint density at radius 1 is 1.43 bits per heavy atom. The average Bonchev–Trinajstić information content (AvgIpc) is 2.46. The Kier molecular flexibility index (Phi) is 6.30. The van der Waals surface area contributed by atoms with Crippen LogP contribution in [-0.2, 0) is 4.74 Å². The maximum atomic E-state index is 12.3. The Morgan fingerprint density at radius 2 is 2.22 bits per heavy atom. The van der Waals surface area contributed by atoms with Crippen molar-refractivity contribution < 1.29 is 14.3 Å². The van der Waals surface area contributed by atoms with E-state index in [1.807, 2.05) is 49.9 Å². The second-order valence-corrected chi connectivity index (χ2v) is 7.54. The van der Waals surface area contributed by atoms with E-state index in [-0.39, 0.29) is 12.1 Å². The SMILES string of the molecule is CC(C)(C)OC(=O)N1CCNCC1CCOc1cccc(Br)c1. The normalized spacial score (nSPS) is 18.6. The maximum absolute atomic E-state index is 12.3. The molecule has 1 heterocycles. The van der Waals surface area contributed by atoms with Crippen molar-refractivity contribution in [2.24, 2.45) is 0 Å². The molecule has 0 radical (unpaired) electrons. The maximum Gasteiger partial charge on any atom is 0.410 e. The fraction of sp³-hybridized carbons (Fsp3) is 0.588. The highest BCUT2D eigenvalue weighted by Crippen LogP contribution is 2.19. The molecule has 5 nitrogen and oxygen atoms in total. The van der Waals surface area contributed by atoms with Gasteiger partial charge in [-0.05, 0) is 39.0 Å². The van der Waals surface area contributed by atoms with Crippen LogP contribution in [-0.4, -0.2) is 48.9 Å². The largest absolute Gasteiger partial charge is 0.493 e. The van der Waals surface area contributed by atoms with Crippen molar-refractivity contribution in [3.05, 3.63) is 28.7 Å². The summed E-state index contributed by atoms with van der Waals surface area (Å²) in [6.45, 7) is 8.44. The van der Waals surface area contributed by atoms with Crippen LogP contribution in [0.4, 0.5) is 4.79 Å². The first kappa shape index (κ1) is 18.1. The molecule has 0 saturated carbocycles. The van der Waals surface area contributed by atoms with E-state index in [0.29, 0.717) is 13.2 Å². The summed E-state index contributed by atoms with van der Waals surface area (Å²) < 4.78 is 12.3. The minimum absolute atomic E-state index is 0.0887. The lowest BCUT2D eigenvalue weighted by molar-refractivity contribution is 0.00985. The molecule has 0 spiro atoms. The van der Waals surface area contributed by atoms with E-state index in [1.165, 1.54) is 0 Å². The number of amides is 1. The number of ether oxygens (including phenoxy) is 2. The van der Waals surface area contributed by atoms with Crippen molar-refractivity contribution in [3.8, 4) is 5.75 Å². The summed E-state index contributed by atoms with van der Waals surface area (Å²) in [5.41, 5.74) is -0.473. The van der Waals surface area contributed by atoms with Crippen molar-refractivity contribution in [1.29, 1.82) is 0 Å². The molecule has 23 heavy (non-hydrogen) atoms. The van der Waals surface area contributed by atoms with Crippen LogP contribution < -0.4 is 10.1 Å². The highest BCUT2D eigenvalue weighted by atomic mass is 79.9. The van der Waals surface area contributed by atoms with Crippen molar-refractivity contribution in [1.82, 2.24) is 10.2 Å². The van der Waals surface area contributed by atoms with Gasteiger partial charge in [-0.25, -0.2) is 4.79 Å². The molecule has 0 bridgehead atoms. The monoisotopic (exact) mass is 384 g/mol. The third-order valence-corrected chi connectivity index (χ3v) is 3.99. The topological polar surface area (TPSA) is 50.8 Å². The predicted octanol–water partition coefficient (Wildman–Crippen LogP) is 3.43. The molecule has 0 aliphatic carbocycles. The van der Waals surface area contributed by atoms with Gasteiger partial charge >= 0.3 is 6.09 Å². The number of carbonyl (C=O) groups is 1. The van der Waals surface area contributed by atoms with E-state index in [4.69, 9.17) is 9.47 Å². The van der Waals surface area contributed by atoms with Gasteiger partial charge in [-0.2, -0.15) is 0 Å². The lowest BCUT2D eigenvalue weighted by atomic mass is 10.1. The summed E-state index contributed by atoms with van der Waals surface area (Å²) in [5, 5.41) is 3.33. The van der Waals surface area contributed by atoms with Crippen LogP contribution in [0.2, 0.25) is 0 Å². The first-order chi connectivity index (χ1) is 10.8. The third kappa shape index (κ3) is 6.03. The van der Waals surface area contributed by atoms with Gasteiger partial charge in [0.05, 0.1) is 12.6 Å². The molecular formula is C17H25BrN2O3. The summed E-state index contributed by atoms with van der Waals surface area (Å²) in [6, 6.07) is 7.85. The third-order valence-electron chi connectivity index (χ3n) is 3.49. The molecule has 1 aliphatic rings. The van der Waals surface area contributed by atoms with Crippen molar-refractivity contribution in [2.75, 3.05) is 26.2 Å². The van der Waals surface area contributed by atoms with Gasteiger partial charge in [-0.3, -0.25) is 0 Å². The van der Waals surface area contributed by atoms with E-state index >= 15 is 0 Å². The van der Waals surface area contributed by atoms with Crippen LogP contribution in [0.1, 0.15) is 27.2 Å². The molecule has 2 rings (SSSR count). The van der Waals surface area contributed by atoms with Gasteiger partial charge in [0.15, 0.2) is 0 Å². The predicted molar refractivity (Wildman–Crippen MR) is 93.9 cm³/mol. The Labute approximate surface area is 146 Å². The van der Waals surface area contributed by atoms with Crippen LogP contribution in [0, 0.1) is 0 Å². The molecule has 1 saturated heterocycles. The summed E-state index contributed by atoms with van der Waals surface area (Å²) >= 11 is 3.43. The standard InChI is InChI=1S/C17H25BrN2O3/c1-17(2,3)23-16(21)20-9-8-19-12-14(20)7-10-22-15-6-4-5-13(18)11-15/h4-6,11,14,19H,7-10,12H2,1-3H3. The van der Waals surface area contributed by atoms with Gasteiger partial charge in [-0.1, -0.05) is 22.0 Å². The van der Waals surface area contributed by atoms with Crippen LogP contribution in [0.5, 0.6) is 5.75 Å². The minimum atomic E-state index is -0.473. The smallest absolute Gasteiger partial charge is 0.410 e.